The van der Waals surface area contributed by atoms with E-state index >= 15 is 0 Å². The molecule has 0 atom stereocenters. The molecule has 3 heteroatoms. The van der Waals surface area contributed by atoms with Gasteiger partial charge in [0.05, 0.1) is 29.2 Å². The van der Waals surface area contributed by atoms with Gasteiger partial charge in [-0.05, 0) is 91.3 Å². The summed E-state index contributed by atoms with van der Waals surface area (Å²) < 4.78 is 0. The predicted octanol–water partition coefficient (Wildman–Crippen LogP) is 15.5. The van der Waals surface area contributed by atoms with Crippen molar-refractivity contribution in [1.82, 2.24) is 4.98 Å². The molecule has 0 fully saturated rings. The largest absolute Gasteiger partial charge is 0.280 e. The second-order valence-electron chi connectivity index (χ2n) is 15.7. The van der Waals surface area contributed by atoms with E-state index in [1.807, 2.05) is 18.2 Å². The number of fused-ring (bicyclic) bond motifs is 3. The molecule has 0 aliphatic carbocycles. The number of hydrogen-bond acceptors (Lipinski definition) is 3. The standard InChI is InChI=1S/C60H43N3/c1-61-57(40-58(53-35-29-46(30-36-53)44-15-7-3-8-16-44)62-41-42-21-23-45(24-22-42)43-13-5-2-6-14-43)52-33-27-48(28-34-52)47-25-31-50(32-26-47)55-39-59(51-18-9-4-10-19-51)63-56-38-37-49-17-11-12-20-54(49)60(55)56/h2-40H,1,41H2/b57-40-,62-58?. The number of rotatable bonds is 11. The van der Waals surface area contributed by atoms with Gasteiger partial charge in [-0.3, -0.25) is 9.98 Å². The molecule has 0 aliphatic rings. The van der Waals surface area contributed by atoms with Crippen molar-refractivity contribution in [3.63, 3.8) is 0 Å². The molecule has 63 heavy (non-hydrogen) atoms. The maximum absolute atomic E-state index is 5.19. The molecule has 9 aromatic carbocycles. The fourth-order valence-electron chi connectivity index (χ4n) is 8.31. The molecule has 1 aromatic heterocycles. The summed E-state index contributed by atoms with van der Waals surface area (Å²) in [5.74, 6) is 0. The number of aliphatic imine (C=N–C) groups is 2. The van der Waals surface area contributed by atoms with Crippen molar-refractivity contribution in [2.24, 2.45) is 9.98 Å². The molecular weight excluding hydrogens is 763 g/mol. The molecule has 0 N–H and O–H groups in total. The molecule has 0 radical (unpaired) electrons. The lowest BCUT2D eigenvalue weighted by molar-refractivity contribution is 1.07. The first-order valence-electron chi connectivity index (χ1n) is 21.3. The zero-order valence-corrected chi connectivity index (χ0v) is 34.8. The minimum atomic E-state index is 0.528. The summed E-state index contributed by atoms with van der Waals surface area (Å²) in [5, 5.41) is 3.57. The summed E-state index contributed by atoms with van der Waals surface area (Å²) in [6.07, 6.45) is 2.05. The number of benzene rings is 9. The first-order valence-corrected chi connectivity index (χ1v) is 21.3. The quantitative estimate of drug-likeness (QED) is 0.0948. The van der Waals surface area contributed by atoms with Crippen LogP contribution in [0.4, 0.5) is 0 Å². The summed E-state index contributed by atoms with van der Waals surface area (Å²) in [5.41, 5.74) is 17.0. The Morgan fingerprint density at radius 3 is 1.51 bits per heavy atom. The molecule has 3 nitrogen and oxygen atoms in total. The molecule has 0 spiro atoms. The van der Waals surface area contributed by atoms with Crippen LogP contribution in [-0.4, -0.2) is 17.4 Å². The van der Waals surface area contributed by atoms with Crippen LogP contribution in [0.2, 0.25) is 0 Å². The highest BCUT2D eigenvalue weighted by atomic mass is 14.8. The van der Waals surface area contributed by atoms with Crippen molar-refractivity contribution in [3.8, 4) is 55.8 Å². The third-order valence-corrected chi connectivity index (χ3v) is 11.7. The number of aromatic nitrogens is 1. The molecule has 0 saturated heterocycles. The zero-order valence-electron chi connectivity index (χ0n) is 34.8. The molecule has 1 heterocycles. The Morgan fingerprint density at radius 1 is 0.444 bits per heavy atom. The first kappa shape index (κ1) is 38.9. The van der Waals surface area contributed by atoms with Gasteiger partial charge in [0.15, 0.2) is 0 Å². The summed E-state index contributed by atoms with van der Waals surface area (Å²) in [6.45, 7) is 4.53. The van der Waals surface area contributed by atoms with E-state index < -0.39 is 0 Å². The minimum absolute atomic E-state index is 0.528. The Hall–Kier alpha value is -8.27. The molecule has 0 amide bonds. The highest BCUT2D eigenvalue weighted by Gasteiger charge is 2.14. The van der Waals surface area contributed by atoms with Crippen LogP contribution < -0.4 is 0 Å². The van der Waals surface area contributed by atoms with Crippen molar-refractivity contribution in [2.45, 2.75) is 6.54 Å². The topological polar surface area (TPSA) is 37.6 Å². The highest BCUT2D eigenvalue weighted by Crippen LogP contribution is 2.37. The van der Waals surface area contributed by atoms with Gasteiger partial charge < -0.3 is 0 Å². The number of hydrogen-bond donors (Lipinski definition) is 0. The summed E-state index contributed by atoms with van der Waals surface area (Å²) in [4.78, 5) is 14.9. The Morgan fingerprint density at radius 2 is 0.921 bits per heavy atom. The third kappa shape index (κ3) is 8.41. The average Bonchev–Trinajstić information content (AvgIpc) is 3.37. The lowest BCUT2D eigenvalue weighted by Crippen LogP contribution is -2.00. The second-order valence-corrected chi connectivity index (χ2v) is 15.7. The molecule has 0 saturated carbocycles. The fraction of sp³-hybridized carbons (Fsp3) is 0.0167. The Kier molecular flexibility index (Phi) is 11.0. The normalized spacial score (nSPS) is 11.8. The number of allylic oxidation sites excluding steroid dienone is 1. The van der Waals surface area contributed by atoms with Gasteiger partial charge in [-0.15, -0.1) is 0 Å². The molecule has 0 aliphatic heterocycles. The van der Waals surface area contributed by atoms with Gasteiger partial charge in [0, 0.05) is 16.5 Å². The Balaban J connectivity index is 0.954. The van der Waals surface area contributed by atoms with Gasteiger partial charge in [0.2, 0.25) is 0 Å². The third-order valence-electron chi connectivity index (χ3n) is 11.7. The predicted molar refractivity (Wildman–Crippen MR) is 267 cm³/mol. The maximum atomic E-state index is 5.19. The monoisotopic (exact) mass is 805 g/mol. The van der Waals surface area contributed by atoms with Crippen LogP contribution in [0.25, 0.3) is 83.1 Å². The zero-order chi connectivity index (χ0) is 42.4. The average molecular weight is 806 g/mol. The molecule has 0 bridgehead atoms. The van der Waals surface area contributed by atoms with E-state index in [1.165, 1.54) is 33.0 Å². The van der Waals surface area contributed by atoms with E-state index in [0.717, 1.165) is 72.5 Å². The van der Waals surface area contributed by atoms with Gasteiger partial charge in [0.25, 0.3) is 0 Å². The fourth-order valence-corrected chi connectivity index (χ4v) is 8.31. The van der Waals surface area contributed by atoms with Gasteiger partial charge in [-0.2, -0.15) is 0 Å². The summed E-state index contributed by atoms with van der Waals surface area (Å²) in [7, 11) is 0. The molecule has 298 valence electrons. The Bertz CT molecular complexity index is 3240. The van der Waals surface area contributed by atoms with Crippen LogP contribution in [0.3, 0.4) is 0 Å². The van der Waals surface area contributed by atoms with Gasteiger partial charge in [0.1, 0.15) is 0 Å². The van der Waals surface area contributed by atoms with E-state index in [2.05, 4.69) is 230 Å². The summed E-state index contributed by atoms with van der Waals surface area (Å²) >= 11 is 0. The van der Waals surface area contributed by atoms with Crippen LogP contribution >= 0.6 is 0 Å². The summed E-state index contributed by atoms with van der Waals surface area (Å²) in [6, 6.07) is 81.1. The highest BCUT2D eigenvalue weighted by molar-refractivity contribution is 6.14. The molecule has 10 rings (SSSR count). The van der Waals surface area contributed by atoms with Gasteiger partial charge >= 0.3 is 0 Å². The lowest BCUT2D eigenvalue weighted by atomic mass is 9.93. The van der Waals surface area contributed by atoms with Crippen molar-refractivity contribution < 1.29 is 0 Å². The Labute approximate surface area is 368 Å². The first-order chi connectivity index (χ1) is 31.2. The van der Waals surface area contributed by atoms with Crippen LogP contribution in [0.5, 0.6) is 0 Å². The number of nitrogens with zero attached hydrogens (tertiary/aromatic N) is 3. The van der Waals surface area contributed by atoms with Gasteiger partial charge in [-0.1, -0.05) is 218 Å². The van der Waals surface area contributed by atoms with Gasteiger partial charge in [-0.25, -0.2) is 4.98 Å². The van der Waals surface area contributed by atoms with Crippen molar-refractivity contribution in [3.05, 3.63) is 253 Å². The van der Waals surface area contributed by atoms with E-state index in [4.69, 9.17) is 9.98 Å². The smallest absolute Gasteiger partial charge is 0.0722 e. The van der Waals surface area contributed by atoms with E-state index in [0.29, 0.717) is 6.54 Å². The SMILES string of the molecule is C=N/C(=C\C(=NCc1ccc(-c2ccccc2)cc1)c1ccc(-c2ccccc2)cc1)c1ccc(-c2ccc(-c3cc(-c4ccccc4)nc4ccc5ccccc5c34)cc2)cc1. The van der Waals surface area contributed by atoms with E-state index in [-0.39, 0.29) is 0 Å². The van der Waals surface area contributed by atoms with Crippen LogP contribution in [-0.2, 0) is 6.54 Å². The van der Waals surface area contributed by atoms with E-state index in [1.54, 1.807) is 0 Å². The van der Waals surface area contributed by atoms with Crippen molar-refractivity contribution in [2.75, 3.05) is 0 Å². The minimum Gasteiger partial charge on any atom is -0.280 e. The lowest BCUT2D eigenvalue weighted by Gasteiger charge is -2.14. The molecular formula is C60H43N3. The molecule has 0 unspecified atom stereocenters. The molecule has 10 aromatic rings. The van der Waals surface area contributed by atoms with Crippen LogP contribution in [0.1, 0.15) is 16.7 Å². The number of pyridine rings is 1. The van der Waals surface area contributed by atoms with Crippen LogP contribution in [0.15, 0.2) is 247 Å². The van der Waals surface area contributed by atoms with Crippen LogP contribution in [0, 0.1) is 0 Å². The maximum Gasteiger partial charge on any atom is 0.0722 e. The van der Waals surface area contributed by atoms with Crippen molar-refractivity contribution >= 4 is 39.8 Å². The van der Waals surface area contributed by atoms with E-state index in [9.17, 15) is 0 Å². The second kappa shape index (κ2) is 17.8. The van der Waals surface area contributed by atoms with Crippen molar-refractivity contribution in [1.29, 1.82) is 0 Å².